The normalized spacial score (nSPS) is 11.0. The summed E-state index contributed by atoms with van der Waals surface area (Å²) in [4.78, 5) is 30.3. The summed E-state index contributed by atoms with van der Waals surface area (Å²) in [6, 6.07) is 15.8. The highest BCUT2D eigenvalue weighted by Crippen LogP contribution is 2.25. The average molecular weight is 405 g/mol. The number of para-hydroxylation sites is 1. The number of nitrogens with one attached hydrogen (secondary N) is 2. The number of fused-ring (bicyclic) bond motifs is 1. The molecule has 0 radical (unpaired) electrons. The Kier molecular flexibility index (Phi) is 5.14. The Hall–Kier alpha value is -3.45. The molecule has 4 aromatic rings. The number of hydrogen-bond acceptors (Lipinski definition) is 5. The molecule has 2 amide bonds. The molecule has 0 atom stereocenters. The van der Waals surface area contributed by atoms with Crippen LogP contribution in [0, 0.1) is 0 Å². The number of oxazole rings is 1. The molecule has 0 aliphatic heterocycles. The van der Waals surface area contributed by atoms with Crippen LogP contribution < -0.4 is 10.6 Å². The molecule has 2 heterocycles. The van der Waals surface area contributed by atoms with Gasteiger partial charge in [0.2, 0.25) is 0 Å². The number of hydrogen-bond donors (Lipinski definition) is 2. The van der Waals surface area contributed by atoms with Gasteiger partial charge in [0, 0.05) is 11.6 Å². The zero-order chi connectivity index (χ0) is 20.4. The maximum atomic E-state index is 12.8. The van der Waals surface area contributed by atoms with Gasteiger partial charge in [-0.3, -0.25) is 9.59 Å². The van der Waals surface area contributed by atoms with E-state index in [0.29, 0.717) is 38.8 Å². The zero-order valence-corrected chi connectivity index (χ0v) is 16.7. The van der Waals surface area contributed by atoms with Crippen LogP contribution >= 0.6 is 11.3 Å². The summed E-state index contributed by atoms with van der Waals surface area (Å²) in [7, 11) is 0. The summed E-state index contributed by atoms with van der Waals surface area (Å²) < 4.78 is 5.70. The number of anilines is 2. The van der Waals surface area contributed by atoms with Gasteiger partial charge in [-0.05, 0) is 41.8 Å². The molecule has 146 valence electrons. The number of aromatic nitrogens is 1. The van der Waals surface area contributed by atoms with Gasteiger partial charge in [0.25, 0.3) is 11.8 Å². The molecular weight excluding hydrogens is 386 g/mol. The second-order valence-electron chi connectivity index (χ2n) is 6.82. The third-order valence-electron chi connectivity index (χ3n) is 4.32. The summed E-state index contributed by atoms with van der Waals surface area (Å²) in [6.45, 7) is 4.02. The first-order valence-corrected chi connectivity index (χ1v) is 10.0. The smallest absolute Gasteiger partial charge is 0.265 e. The van der Waals surface area contributed by atoms with Gasteiger partial charge in [0.05, 0.1) is 16.1 Å². The summed E-state index contributed by atoms with van der Waals surface area (Å²) in [5.41, 5.74) is 2.79. The van der Waals surface area contributed by atoms with Crippen LogP contribution in [0.1, 0.15) is 45.7 Å². The molecule has 0 saturated heterocycles. The highest BCUT2D eigenvalue weighted by molar-refractivity contribution is 7.12. The van der Waals surface area contributed by atoms with Crippen molar-refractivity contribution in [1.82, 2.24) is 4.98 Å². The monoisotopic (exact) mass is 405 g/mol. The van der Waals surface area contributed by atoms with Crippen LogP contribution in [0.3, 0.4) is 0 Å². The van der Waals surface area contributed by atoms with E-state index in [0.717, 1.165) is 0 Å². The Labute approximate surface area is 171 Å². The molecule has 2 aromatic heterocycles. The van der Waals surface area contributed by atoms with Crippen molar-refractivity contribution in [2.24, 2.45) is 0 Å². The summed E-state index contributed by atoms with van der Waals surface area (Å²) in [6.07, 6.45) is 0. The van der Waals surface area contributed by atoms with E-state index in [9.17, 15) is 9.59 Å². The molecular formula is C22H19N3O3S. The maximum Gasteiger partial charge on any atom is 0.265 e. The van der Waals surface area contributed by atoms with Crippen molar-refractivity contribution >= 4 is 45.6 Å². The summed E-state index contributed by atoms with van der Waals surface area (Å²) in [5, 5.41) is 7.51. The molecule has 2 N–H and O–H groups in total. The van der Waals surface area contributed by atoms with Crippen LogP contribution in [-0.2, 0) is 0 Å². The first-order valence-electron chi connectivity index (χ1n) is 9.17. The molecule has 0 saturated carbocycles. The van der Waals surface area contributed by atoms with E-state index in [2.05, 4.69) is 15.6 Å². The Balaban J connectivity index is 1.55. The largest absolute Gasteiger partial charge is 0.440 e. The number of thiophene rings is 1. The lowest BCUT2D eigenvalue weighted by Gasteiger charge is -2.11. The fraction of sp³-hybridized carbons (Fsp3) is 0.136. The minimum absolute atomic E-state index is 0.180. The molecule has 7 heteroatoms. The molecule has 0 fully saturated rings. The van der Waals surface area contributed by atoms with Gasteiger partial charge >= 0.3 is 0 Å². The van der Waals surface area contributed by atoms with Crippen molar-refractivity contribution in [2.45, 2.75) is 19.8 Å². The SMILES string of the molecule is CC(C)c1nc2cc(NC(=O)c3ccccc3NC(=O)c3cccs3)ccc2o1. The van der Waals surface area contributed by atoms with Crippen LogP contribution in [0.15, 0.2) is 64.4 Å². The van der Waals surface area contributed by atoms with Crippen molar-refractivity contribution in [3.63, 3.8) is 0 Å². The molecule has 29 heavy (non-hydrogen) atoms. The number of carbonyl (C=O) groups is 2. The van der Waals surface area contributed by atoms with Gasteiger partial charge in [-0.1, -0.05) is 32.0 Å². The minimum Gasteiger partial charge on any atom is -0.440 e. The van der Waals surface area contributed by atoms with Gasteiger partial charge in [-0.2, -0.15) is 0 Å². The quantitative estimate of drug-likeness (QED) is 0.458. The number of amides is 2. The van der Waals surface area contributed by atoms with Gasteiger partial charge in [-0.25, -0.2) is 4.98 Å². The third-order valence-corrected chi connectivity index (χ3v) is 5.19. The van der Waals surface area contributed by atoms with E-state index in [1.165, 1.54) is 11.3 Å². The van der Waals surface area contributed by atoms with Crippen LogP contribution in [0.4, 0.5) is 11.4 Å². The average Bonchev–Trinajstić information content (AvgIpc) is 3.38. The van der Waals surface area contributed by atoms with E-state index in [1.54, 1.807) is 48.5 Å². The lowest BCUT2D eigenvalue weighted by molar-refractivity contribution is 0.102. The number of benzene rings is 2. The predicted octanol–water partition coefficient (Wildman–Crippen LogP) is 5.52. The Morgan fingerprint density at radius 2 is 1.83 bits per heavy atom. The van der Waals surface area contributed by atoms with Crippen molar-refractivity contribution in [2.75, 3.05) is 10.6 Å². The molecule has 4 rings (SSSR count). The second-order valence-corrected chi connectivity index (χ2v) is 7.77. The van der Waals surface area contributed by atoms with E-state index < -0.39 is 0 Å². The first kappa shape index (κ1) is 18.9. The number of rotatable bonds is 5. The topological polar surface area (TPSA) is 84.2 Å². The summed E-state index contributed by atoms with van der Waals surface area (Å²) >= 11 is 1.34. The fourth-order valence-corrected chi connectivity index (χ4v) is 3.47. The lowest BCUT2D eigenvalue weighted by Crippen LogP contribution is -2.17. The lowest BCUT2D eigenvalue weighted by atomic mass is 10.1. The molecule has 0 unspecified atom stereocenters. The van der Waals surface area contributed by atoms with Gasteiger partial charge in [0.15, 0.2) is 11.5 Å². The number of nitrogens with zero attached hydrogens (tertiary/aromatic N) is 1. The highest BCUT2D eigenvalue weighted by Gasteiger charge is 2.16. The van der Waals surface area contributed by atoms with Crippen molar-refractivity contribution in [1.29, 1.82) is 0 Å². The third kappa shape index (κ3) is 4.05. The van der Waals surface area contributed by atoms with Crippen LogP contribution in [0.5, 0.6) is 0 Å². The predicted molar refractivity (Wildman–Crippen MR) is 115 cm³/mol. The zero-order valence-electron chi connectivity index (χ0n) is 15.9. The van der Waals surface area contributed by atoms with Gasteiger partial charge in [0.1, 0.15) is 5.52 Å². The molecule has 0 spiro atoms. The highest BCUT2D eigenvalue weighted by atomic mass is 32.1. The first-order chi connectivity index (χ1) is 14.0. The van der Waals surface area contributed by atoms with E-state index in [-0.39, 0.29) is 17.7 Å². The minimum atomic E-state index is -0.320. The van der Waals surface area contributed by atoms with Crippen LogP contribution in [-0.4, -0.2) is 16.8 Å². The van der Waals surface area contributed by atoms with Crippen molar-refractivity contribution in [3.05, 3.63) is 76.3 Å². The van der Waals surface area contributed by atoms with E-state index >= 15 is 0 Å². The molecule has 6 nitrogen and oxygen atoms in total. The van der Waals surface area contributed by atoms with Gasteiger partial charge in [-0.15, -0.1) is 11.3 Å². The Morgan fingerprint density at radius 1 is 1.00 bits per heavy atom. The van der Waals surface area contributed by atoms with E-state index in [1.807, 2.05) is 25.3 Å². The van der Waals surface area contributed by atoms with Crippen molar-refractivity contribution < 1.29 is 14.0 Å². The standard InChI is InChI=1S/C22H19N3O3S/c1-13(2)22-25-17-12-14(9-10-18(17)28-22)23-20(26)15-6-3-4-7-16(15)24-21(27)19-8-5-11-29-19/h3-13H,1-2H3,(H,23,26)(H,24,27). The van der Waals surface area contributed by atoms with Gasteiger partial charge < -0.3 is 15.1 Å². The number of carbonyl (C=O) groups excluding carboxylic acids is 2. The molecule has 2 aromatic carbocycles. The maximum absolute atomic E-state index is 12.8. The molecule has 0 bridgehead atoms. The fourth-order valence-electron chi connectivity index (χ4n) is 2.85. The molecule has 0 aliphatic carbocycles. The second kappa shape index (κ2) is 7.89. The van der Waals surface area contributed by atoms with Crippen LogP contribution in [0.2, 0.25) is 0 Å². The Morgan fingerprint density at radius 3 is 2.59 bits per heavy atom. The Bertz CT molecular complexity index is 1180. The molecule has 0 aliphatic rings. The van der Waals surface area contributed by atoms with Crippen LogP contribution in [0.25, 0.3) is 11.1 Å². The van der Waals surface area contributed by atoms with Crippen molar-refractivity contribution in [3.8, 4) is 0 Å². The van der Waals surface area contributed by atoms with E-state index in [4.69, 9.17) is 4.42 Å². The summed E-state index contributed by atoms with van der Waals surface area (Å²) in [5.74, 6) is 0.272.